The predicted octanol–water partition coefficient (Wildman–Crippen LogP) is 2.13. The molecule has 132 valence electrons. The molecule has 0 aromatic heterocycles. The van der Waals surface area contributed by atoms with Gasteiger partial charge in [0.2, 0.25) is 0 Å². The molecule has 2 unspecified atom stereocenters. The van der Waals surface area contributed by atoms with Crippen molar-refractivity contribution in [3.8, 4) is 11.5 Å². The molecule has 0 aliphatic carbocycles. The molecule has 0 saturated carbocycles. The van der Waals surface area contributed by atoms with Gasteiger partial charge < -0.3 is 24.4 Å². The highest BCUT2D eigenvalue weighted by Gasteiger charge is 2.26. The van der Waals surface area contributed by atoms with Gasteiger partial charge >= 0.3 is 0 Å². The first-order valence-electron chi connectivity index (χ1n) is 8.07. The average molecular weight is 344 g/mol. The minimum absolute atomic E-state index is 0.103. The SMILES string of the molecule is C(OCC1CO1)C1CO1.O=C(c1ccccc1)c1cccc(O)c1O. The van der Waals surface area contributed by atoms with Crippen molar-refractivity contribution in [2.45, 2.75) is 12.2 Å². The molecule has 2 aromatic carbocycles. The number of para-hydroxylation sites is 1. The minimum atomic E-state index is -0.378. The number of ketones is 1. The zero-order valence-electron chi connectivity index (χ0n) is 13.6. The number of hydrogen-bond donors (Lipinski definition) is 2. The zero-order valence-corrected chi connectivity index (χ0v) is 13.6. The van der Waals surface area contributed by atoms with E-state index >= 15 is 0 Å². The van der Waals surface area contributed by atoms with Gasteiger partial charge in [-0.15, -0.1) is 0 Å². The molecular weight excluding hydrogens is 324 g/mol. The van der Waals surface area contributed by atoms with E-state index in [1.165, 1.54) is 18.2 Å². The molecule has 2 saturated heterocycles. The maximum absolute atomic E-state index is 11.9. The van der Waals surface area contributed by atoms with E-state index in [1.807, 2.05) is 0 Å². The first kappa shape index (κ1) is 17.4. The van der Waals surface area contributed by atoms with Gasteiger partial charge in [-0.05, 0) is 12.1 Å². The molecule has 6 heteroatoms. The first-order chi connectivity index (χ1) is 12.1. The Morgan fingerprint density at radius 2 is 1.56 bits per heavy atom. The van der Waals surface area contributed by atoms with Crippen LogP contribution in [0.1, 0.15) is 15.9 Å². The van der Waals surface area contributed by atoms with E-state index in [1.54, 1.807) is 30.3 Å². The zero-order chi connectivity index (χ0) is 17.6. The lowest BCUT2D eigenvalue weighted by molar-refractivity contribution is 0.102. The highest BCUT2D eigenvalue weighted by atomic mass is 16.6. The fourth-order valence-electron chi connectivity index (χ4n) is 2.12. The molecule has 25 heavy (non-hydrogen) atoms. The number of epoxide rings is 2. The molecule has 2 N–H and O–H groups in total. The summed E-state index contributed by atoms with van der Waals surface area (Å²) in [5.74, 6) is -0.980. The number of carbonyl (C=O) groups excluding carboxylic acids is 1. The van der Waals surface area contributed by atoms with E-state index in [2.05, 4.69) is 0 Å². The summed E-state index contributed by atoms with van der Waals surface area (Å²) >= 11 is 0. The Kier molecular flexibility index (Phi) is 5.65. The summed E-state index contributed by atoms with van der Waals surface area (Å²) in [5, 5.41) is 18.9. The largest absolute Gasteiger partial charge is 0.504 e. The molecule has 0 spiro atoms. The van der Waals surface area contributed by atoms with Crippen molar-refractivity contribution in [3.05, 3.63) is 59.7 Å². The van der Waals surface area contributed by atoms with E-state index in [0.29, 0.717) is 17.8 Å². The third-order valence-corrected chi connectivity index (χ3v) is 3.71. The molecule has 0 radical (unpaired) electrons. The van der Waals surface area contributed by atoms with Gasteiger partial charge in [0.05, 0.1) is 32.0 Å². The maximum atomic E-state index is 11.9. The van der Waals surface area contributed by atoms with E-state index in [4.69, 9.17) is 14.2 Å². The van der Waals surface area contributed by atoms with Crippen LogP contribution in [-0.2, 0) is 14.2 Å². The summed E-state index contributed by atoms with van der Waals surface area (Å²) in [5.41, 5.74) is 0.578. The Morgan fingerprint density at radius 3 is 2.12 bits per heavy atom. The number of hydrogen-bond acceptors (Lipinski definition) is 6. The highest BCUT2D eigenvalue weighted by molar-refractivity contribution is 6.11. The summed E-state index contributed by atoms with van der Waals surface area (Å²) in [6.07, 6.45) is 0.785. The Balaban J connectivity index is 0.000000170. The van der Waals surface area contributed by atoms with E-state index in [-0.39, 0.29) is 22.8 Å². The summed E-state index contributed by atoms with van der Waals surface area (Å²) in [7, 11) is 0. The Hall–Kier alpha value is -2.41. The van der Waals surface area contributed by atoms with Crippen LogP contribution < -0.4 is 0 Å². The molecule has 2 aliphatic heterocycles. The molecule has 0 amide bonds. The van der Waals surface area contributed by atoms with Gasteiger partial charge in [0.1, 0.15) is 12.2 Å². The summed E-state index contributed by atoms with van der Waals surface area (Å²) in [6.45, 7) is 3.26. The molecule has 2 fully saturated rings. The molecule has 0 bridgehead atoms. The number of ether oxygens (including phenoxy) is 3. The van der Waals surface area contributed by atoms with Crippen LogP contribution in [-0.4, -0.2) is 54.6 Å². The standard InChI is InChI=1S/C13H10O3.C6H10O3/c14-11-8-4-7-10(13(11)16)12(15)9-5-2-1-3-6-9;1(5-3-8-5)7-2-6-4-9-6/h1-8,14,16H;5-6H,1-4H2. The highest BCUT2D eigenvalue weighted by Crippen LogP contribution is 2.29. The number of phenolic OH excluding ortho intramolecular Hbond substituents is 2. The number of rotatable bonds is 6. The van der Waals surface area contributed by atoms with Crippen LogP contribution in [0.3, 0.4) is 0 Å². The fraction of sp³-hybridized carbons (Fsp3) is 0.316. The second-order valence-corrected chi connectivity index (χ2v) is 5.82. The van der Waals surface area contributed by atoms with Crippen molar-refractivity contribution >= 4 is 5.78 Å². The molecule has 4 rings (SSSR count). The maximum Gasteiger partial charge on any atom is 0.196 e. The minimum Gasteiger partial charge on any atom is -0.504 e. The number of carbonyl (C=O) groups is 1. The molecule has 2 aromatic rings. The van der Waals surface area contributed by atoms with Crippen LogP contribution in [0.4, 0.5) is 0 Å². The normalized spacial score (nSPS) is 20.3. The lowest BCUT2D eigenvalue weighted by Gasteiger charge is -2.04. The quantitative estimate of drug-likeness (QED) is 0.474. The van der Waals surface area contributed by atoms with Crippen molar-refractivity contribution < 1.29 is 29.2 Å². The third-order valence-electron chi connectivity index (χ3n) is 3.71. The van der Waals surface area contributed by atoms with Crippen LogP contribution in [0, 0.1) is 0 Å². The van der Waals surface area contributed by atoms with Gasteiger partial charge in [-0.25, -0.2) is 0 Å². The molecule has 2 heterocycles. The van der Waals surface area contributed by atoms with Gasteiger partial charge in [0, 0.05) is 5.56 Å². The van der Waals surface area contributed by atoms with Crippen molar-refractivity contribution in [3.63, 3.8) is 0 Å². The lowest BCUT2D eigenvalue weighted by atomic mass is 10.0. The molecule has 2 atom stereocenters. The van der Waals surface area contributed by atoms with Crippen molar-refractivity contribution in [1.82, 2.24) is 0 Å². The number of aromatic hydroxyl groups is 2. The summed E-state index contributed by atoms with van der Waals surface area (Å²) in [6, 6.07) is 12.9. The second kappa shape index (κ2) is 8.11. The number of benzene rings is 2. The third kappa shape index (κ3) is 5.29. The monoisotopic (exact) mass is 344 g/mol. The van der Waals surface area contributed by atoms with Gasteiger partial charge in [-0.2, -0.15) is 0 Å². The van der Waals surface area contributed by atoms with Crippen molar-refractivity contribution in [1.29, 1.82) is 0 Å². The summed E-state index contributed by atoms with van der Waals surface area (Å²) < 4.78 is 15.1. The molecule has 2 aliphatic rings. The van der Waals surface area contributed by atoms with Crippen LogP contribution >= 0.6 is 0 Å². The average Bonchev–Trinajstić information content (AvgIpc) is 3.54. The molecule has 6 nitrogen and oxygen atoms in total. The molecular formula is C19H20O6. The van der Waals surface area contributed by atoms with Crippen LogP contribution in [0.5, 0.6) is 11.5 Å². The Bertz CT molecular complexity index is 695. The Morgan fingerprint density at radius 1 is 0.960 bits per heavy atom. The topological polar surface area (TPSA) is 91.8 Å². The number of phenols is 2. The predicted molar refractivity (Wildman–Crippen MR) is 89.9 cm³/mol. The van der Waals surface area contributed by atoms with Crippen molar-refractivity contribution in [2.75, 3.05) is 26.4 Å². The Labute approximate surface area is 145 Å². The van der Waals surface area contributed by atoms with Crippen LogP contribution in [0.25, 0.3) is 0 Å². The van der Waals surface area contributed by atoms with E-state index in [0.717, 1.165) is 26.4 Å². The smallest absolute Gasteiger partial charge is 0.196 e. The lowest BCUT2D eigenvalue weighted by Crippen LogP contribution is -2.06. The second-order valence-electron chi connectivity index (χ2n) is 5.82. The first-order valence-corrected chi connectivity index (χ1v) is 8.07. The fourth-order valence-corrected chi connectivity index (χ4v) is 2.12. The van der Waals surface area contributed by atoms with Gasteiger partial charge in [0.25, 0.3) is 0 Å². The van der Waals surface area contributed by atoms with Gasteiger partial charge in [-0.3, -0.25) is 4.79 Å². The van der Waals surface area contributed by atoms with Gasteiger partial charge in [0.15, 0.2) is 17.3 Å². The van der Waals surface area contributed by atoms with Crippen molar-refractivity contribution in [2.24, 2.45) is 0 Å². The summed E-state index contributed by atoms with van der Waals surface area (Å²) in [4.78, 5) is 11.9. The van der Waals surface area contributed by atoms with E-state index < -0.39 is 0 Å². The van der Waals surface area contributed by atoms with E-state index in [9.17, 15) is 15.0 Å². The van der Waals surface area contributed by atoms with Crippen LogP contribution in [0.15, 0.2) is 48.5 Å². The van der Waals surface area contributed by atoms with Gasteiger partial charge in [-0.1, -0.05) is 36.4 Å². The van der Waals surface area contributed by atoms with Crippen LogP contribution in [0.2, 0.25) is 0 Å².